The molecule has 0 heterocycles. The van der Waals surface area contributed by atoms with E-state index in [1.165, 1.54) is 60.7 Å². The molecule has 36 heavy (non-hydrogen) atoms. The van der Waals surface area contributed by atoms with Crippen LogP contribution >= 0.6 is 0 Å². The molecule has 4 aromatic rings. The molecule has 0 aromatic heterocycles. The Morgan fingerprint density at radius 2 is 1.08 bits per heavy atom. The molecule has 4 aromatic carbocycles. The highest BCUT2D eigenvalue weighted by Gasteiger charge is 2.24. The molecule has 1 unspecified atom stereocenters. The average Bonchev–Trinajstić information content (AvgIpc) is 2.76. The van der Waals surface area contributed by atoms with Gasteiger partial charge in [0.25, 0.3) is 0 Å². The third-order valence-corrected chi connectivity index (χ3v) is 5.72. The van der Waals surface area contributed by atoms with Crippen molar-refractivity contribution in [3.05, 3.63) is 94.5 Å². The maximum absolute atomic E-state index is 10.8. The van der Waals surface area contributed by atoms with Crippen LogP contribution in [0, 0.1) is 0 Å². The highest BCUT2D eigenvalue weighted by Crippen LogP contribution is 2.42. The van der Waals surface area contributed by atoms with E-state index in [0.29, 0.717) is 27.8 Å². The van der Waals surface area contributed by atoms with Crippen LogP contribution in [0.1, 0.15) is 33.7 Å². The fourth-order valence-corrected chi connectivity index (χ4v) is 4.15. The molecule has 0 fully saturated rings. The molecule has 0 aliphatic heterocycles. The van der Waals surface area contributed by atoms with Crippen LogP contribution < -0.4 is 0 Å². The van der Waals surface area contributed by atoms with Crippen molar-refractivity contribution >= 4 is 12.2 Å². The Bertz CT molecular complexity index is 1420. The molecule has 8 heteroatoms. The number of phenols is 8. The van der Waals surface area contributed by atoms with Gasteiger partial charge >= 0.3 is 0 Å². The predicted octanol–water partition coefficient (Wildman–Crippen LogP) is 4.88. The first-order valence-electron chi connectivity index (χ1n) is 10.9. The number of aromatic hydroxyl groups is 8. The van der Waals surface area contributed by atoms with E-state index in [-0.39, 0.29) is 52.4 Å². The van der Waals surface area contributed by atoms with E-state index in [1.807, 2.05) is 0 Å². The van der Waals surface area contributed by atoms with Gasteiger partial charge in [-0.25, -0.2) is 0 Å². The van der Waals surface area contributed by atoms with E-state index in [0.717, 1.165) is 12.1 Å². The minimum Gasteiger partial charge on any atom is -0.508 e. The smallest absolute Gasteiger partial charge is 0.126 e. The first kappa shape index (κ1) is 24.2. The van der Waals surface area contributed by atoms with Crippen LogP contribution in [-0.2, 0) is 6.42 Å². The summed E-state index contributed by atoms with van der Waals surface area (Å²) in [6.07, 6.45) is 3.21. The second kappa shape index (κ2) is 9.71. The third-order valence-electron chi connectivity index (χ3n) is 5.72. The molecule has 4 rings (SSSR count). The molecule has 0 radical (unpaired) electrons. The van der Waals surface area contributed by atoms with E-state index in [9.17, 15) is 40.9 Å². The lowest BCUT2D eigenvalue weighted by Crippen LogP contribution is -2.06. The molecular weight excluding hydrogens is 464 g/mol. The summed E-state index contributed by atoms with van der Waals surface area (Å²) in [5.74, 6) is -2.20. The van der Waals surface area contributed by atoms with Gasteiger partial charge in [0.2, 0.25) is 0 Å². The highest BCUT2D eigenvalue weighted by molar-refractivity contribution is 5.75. The molecule has 0 amide bonds. The summed E-state index contributed by atoms with van der Waals surface area (Å²) in [7, 11) is 0. The van der Waals surface area contributed by atoms with Crippen LogP contribution in [0.5, 0.6) is 46.0 Å². The lowest BCUT2D eigenvalue weighted by Gasteiger charge is -2.22. The molecule has 0 bridgehead atoms. The topological polar surface area (TPSA) is 162 Å². The highest BCUT2D eigenvalue weighted by atomic mass is 16.3. The standard InChI is InChI=1S/C28H24O8/c29-18-3-4-23(27(35)13-18)24(9-16-7-21(32)12-22(33)8-16)25-10-17(26(34)14-28(25)36)2-1-15-5-19(30)11-20(31)6-15/h1-8,10-14,24,29-36H,9H2. The van der Waals surface area contributed by atoms with E-state index >= 15 is 0 Å². The Morgan fingerprint density at radius 1 is 0.500 bits per heavy atom. The van der Waals surface area contributed by atoms with Gasteiger partial charge in [0.15, 0.2) is 0 Å². The Kier molecular flexibility index (Phi) is 6.52. The van der Waals surface area contributed by atoms with E-state index in [1.54, 1.807) is 6.08 Å². The maximum atomic E-state index is 10.8. The van der Waals surface area contributed by atoms with Gasteiger partial charge in [-0.15, -0.1) is 0 Å². The molecule has 0 spiro atoms. The van der Waals surface area contributed by atoms with Gasteiger partial charge in [-0.2, -0.15) is 0 Å². The molecule has 184 valence electrons. The first-order chi connectivity index (χ1) is 17.1. The Hall–Kier alpha value is -4.98. The van der Waals surface area contributed by atoms with E-state index in [4.69, 9.17) is 0 Å². The molecule has 8 nitrogen and oxygen atoms in total. The Morgan fingerprint density at radius 3 is 1.69 bits per heavy atom. The SMILES string of the molecule is Oc1cc(O)cc(C=Cc2cc(C(Cc3cc(O)cc(O)c3)c3ccc(O)cc3O)c(O)cc2O)c1. The van der Waals surface area contributed by atoms with Crippen molar-refractivity contribution < 1.29 is 40.9 Å². The summed E-state index contributed by atoms with van der Waals surface area (Å²) in [6.45, 7) is 0. The van der Waals surface area contributed by atoms with Crippen LogP contribution in [0.25, 0.3) is 12.2 Å². The summed E-state index contributed by atoms with van der Waals surface area (Å²) in [5.41, 5.74) is 1.93. The molecular formula is C28H24O8. The number of benzene rings is 4. The second-order valence-corrected chi connectivity index (χ2v) is 8.44. The monoisotopic (exact) mass is 488 g/mol. The number of phenolic OH excluding ortho intramolecular Hbond substituents is 8. The van der Waals surface area contributed by atoms with Crippen LogP contribution in [-0.4, -0.2) is 40.9 Å². The van der Waals surface area contributed by atoms with E-state index in [2.05, 4.69) is 0 Å². The largest absolute Gasteiger partial charge is 0.508 e. The summed E-state index contributed by atoms with van der Waals surface area (Å²) >= 11 is 0. The van der Waals surface area contributed by atoms with Crippen LogP contribution in [0.4, 0.5) is 0 Å². The van der Waals surface area contributed by atoms with Gasteiger partial charge in [0.1, 0.15) is 46.0 Å². The average molecular weight is 488 g/mol. The van der Waals surface area contributed by atoms with Crippen LogP contribution in [0.15, 0.2) is 66.7 Å². The van der Waals surface area contributed by atoms with Crippen molar-refractivity contribution in [2.24, 2.45) is 0 Å². The zero-order chi connectivity index (χ0) is 26.0. The maximum Gasteiger partial charge on any atom is 0.126 e. The number of hydrogen-bond acceptors (Lipinski definition) is 8. The predicted molar refractivity (Wildman–Crippen MR) is 134 cm³/mol. The Balaban J connectivity index is 1.82. The van der Waals surface area contributed by atoms with Crippen LogP contribution in [0.2, 0.25) is 0 Å². The first-order valence-corrected chi connectivity index (χ1v) is 10.9. The molecule has 8 N–H and O–H groups in total. The molecule has 0 saturated heterocycles. The van der Waals surface area contributed by atoms with Crippen molar-refractivity contribution in [3.63, 3.8) is 0 Å². The van der Waals surface area contributed by atoms with Crippen molar-refractivity contribution in [2.75, 3.05) is 0 Å². The minimum absolute atomic E-state index is 0.127. The van der Waals surface area contributed by atoms with Crippen molar-refractivity contribution in [3.8, 4) is 46.0 Å². The van der Waals surface area contributed by atoms with Crippen molar-refractivity contribution in [2.45, 2.75) is 12.3 Å². The van der Waals surface area contributed by atoms with Gasteiger partial charge in [-0.05, 0) is 53.9 Å². The fourth-order valence-electron chi connectivity index (χ4n) is 4.15. The van der Waals surface area contributed by atoms with Crippen molar-refractivity contribution in [1.29, 1.82) is 0 Å². The van der Waals surface area contributed by atoms with Gasteiger partial charge < -0.3 is 40.9 Å². The van der Waals surface area contributed by atoms with Gasteiger partial charge in [-0.1, -0.05) is 18.2 Å². The third kappa shape index (κ3) is 5.39. The zero-order valence-electron chi connectivity index (χ0n) is 18.9. The second-order valence-electron chi connectivity index (χ2n) is 8.44. The lowest BCUT2D eigenvalue weighted by molar-refractivity contribution is 0.435. The summed E-state index contributed by atoms with van der Waals surface area (Å²) in [4.78, 5) is 0. The molecule has 0 aliphatic rings. The summed E-state index contributed by atoms with van der Waals surface area (Å²) < 4.78 is 0. The zero-order valence-corrected chi connectivity index (χ0v) is 18.9. The van der Waals surface area contributed by atoms with Crippen LogP contribution in [0.3, 0.4) is 0 Å². The van der Waals surface area contributed by atoms with Gasteiger partial charge in [-0.3, -0.25) is 0 Å². The molecule has 1 atom stereocenters. The van der Waals surface area contributed by atoms with E-state index < -0.39 is 5.92 Å². The van der Waals surface area contributed by atoms with Crippen molar-refractivity contribution in [1.82, 2.24) is 0 Å². The van der Waals surface area contributed by atoms with Gasteiger partial charge in [0, 0.05) is 46.9 Å². The fraction of sp³-hybridized carbons (Fsp3) is 0.0714. The quantitative estimate of drug-likeness (QED) is 0.178. The summed E-state index contributed by atoms with van der Waals surface area (Å²) in [6, 6.07) is 14.8. The number of hydrogen-bond donors (Lipinski definition) is 8. The Labute approximate surface area is 206 Å². The number of rotatable bonds is 6. The minimum atomic E-state index is -0.718. The molecule has 0 aliphatic carbocycles. The molecule has 0 saturated carbocycles. The lowest BCUT2D eigenvalue weighted by atomic mass is 9.84. The van der Waals surface area contributed by atoms with Gasteiger partial charge in [0.05, 0.1) is 0 Å². The summed E-state index contributed by atoms with van der Waals surface area (Å²) in [5, 5.41) is 80.8. The normalized spacial score (nSPS) is 12.1.